The third kappa shape index (κ3) is 3.93. The van der Waals surface area contributed by atoms with Crippen molar-refractivity contribution in [2.75, 3.05) is 5.32 Å². The highest BCUT2D eigenvalue weighted by Crippen LogP contribution is 2.18. The topological polar surface area (TPSA) is 106 Å². The van der Waals surface area contributed by atoms with E-state index in [0.29, 0.717) is 17.9 Å². The van der Waals surface area contributed by atoms with E-state index in [1.54, 1.807) is 36.4 Å². The molecule has 0 atom stereocenters. The van der Waals surface area contributed by atoms with Crippen LogP contribution in [0.2, 0.25) is 0 Å². The van der Waals surface area contributed by atoms with Gasteiger partial charge in [0, 0.05) is 12.1 Å². The van der Waals surface area contributed by atoms with Gasteiger partial charge < -0.3 is 20.6 Å². The van der Waals surface area contributed by atoms with Gasteiger partial charge in [0.15, 0.2) is 5.76 Å². The van der Waals surface area contributed by atoms with Gasteiger partial charge in [-0.05, 0) is 30.2 Å². The Morgan fingerprint density at radius 3 is 2.62 bits per heavy atom. The molecule has 0 aliphatic heterocycles. The summed E-state index contributed by atoms with van der Waals surface area (Å²) >= 11 is 0. The summed E-state index contributed by atoms with van der Waals surface area (Å²) in [7, 11) is 0. The van der Waals surface area contributed by atoms with Crippen molar-refractivity contribution < 1.29 is 19.1 Å². The second-order valence-corrected chi connectivity index (χ2v) is 4.48. The number of anilines is 1. The van der Waals surface area contributed by atoms with E-state index in [4.69, 9.17) is 15.3 Å². The molecule has 0 spiro atoms. The monoisotopic (exact) mass is 288 g/mol. The molecule has 0 unspecified atom stereocenters. The maximum atomic E-state index is 12.1. The molecule has 0 aliphatic carbocycles. The summed E-state index contributed by atoms with van der Waals surface area (Å²) in [5.74, 6) is -0.574. The van der Waals surface area contributed by atoms with Crippen LogP contribution in [0, 0.1) is 0 Å². The van der Waals surface area contributed by atoms with Crippen LogP contribution in [0.15, 0.2) is 40.8 Å². The molecule has 6 nitrogen and oxygen atoms in total. The van der Waals surface area contributed by atoms with Crippen LogP contribution in [-0.4, -0.2) is 17.0 Å². The number of aryl methyl sites for hydroxylation is 1. The molecule has 0 bridgehead atoms. The fourth-order valence-electron chi connectivity index (χ4n) is 1.90. The highest BCUT2D eigenvalue weighted by Gasteiger charge is 2.13. The van der Waals surface area contributed by atoms with E-state index in [9.17, 15) is 9.59 Å². The summed E-state index contributed by atoms with van der Waals surface area (Å²) in [6.45, 7) is 0.225. The van der Waals surface area contributed by atoms with Gasteiger partial charge in [-0.25, -0.2) is 0 Å². The van der Waals surface area contributed by atoms with Crippen molar-refractivity contribution >= 4 is 17.6 Å². The van der Waals surface area contributed by atoms with Crippen LogP contribution in [-0.2, 0) is 17.8 Å². The first kappa shape index (κ1) is 14.8. The lowest BCUT2D eigenvalue weighted by atomic mass is 10.1. The van der Waals surface area contributed by atoms with Crippen LogP contribution in [0.3, 0.4) is 0 Å². The smallest absolute Gasteiger partial charge is 0.303 e. The Hall–Kier alpha value is -2.60. The number of hydrogen-bond donors (Lipinski definition) is 3. The van der Waals surface area contributed by atoms with Gasteiger partial charge in [-0.2, -0.15) is 0 Å². The second-order valence-electron chi connectivity index (χ2n) is 4.48. The summed E-state index contributed by atoms with van der Waals surface area (Å²) in [6, 6.07) is 10.3. The minimum absolute atomic E-state index is 0.00492. The summed E-state index contributed by atoms with van der Waals surface area (Å²) in [5.41, 5.74) is 6.77. The van der Waals surface area contributed by atoms with Crippen LogP contribution < -0.4 is 11.1 Å². The molecule has 2 aromatic rings. The summed E-state index contributed by atoms with van der Waals surface area (Å²) < 4.78 is 5.27. The minimum atomic E-state index is -0.880. The third-order valence-electron chi connectivity index (χ3n) is 2.96. The maximum absolute atomic E-state index is 12.1. The molecule has 110 valence electrons. The van der Waals surface area contributed by atoms with Crippen molar-refractivity contribution in [2.24, 2.45) is 5.73 Å². The number of para-hydroxylation sites is 1. The molecule has 1 amide bonds. The molecule has 2 rings (SSSR count). The lowest BCUT2D eigenvalue weighted by Gasteiger charge is -2.09. The van der Waals surface area contributed by atoms with Crippen LogP contribution in [0.4, 0.5) is 5.69 Å². The van der Waals surface area contributed by atoms with Crippen molar-refractivity contribution in [3.05, 3.63) is 53.5 Å². The molecule has 6 heteroatoms. The van der Waals surface area contributed by atoms with Crippen molar-refractivity contribution in [3.63, 3.8) is 0 Å². The second kappa shape index (κ2) is 6.71. The number of furan rings is 1. The molecule has 4 N–H and O–H groups in total. The third-order valence-corrected chi connectivity index (χ3v) is 2.96. The number of carbonyl (C=O) groups is 2. The van der Waals surface area contributed by atoms with Gasteiger partial charge in [-0.15, -0.1) is 0 Å². The fourth-order valence-corrected chi connectivity index (χ4v) is 1.90. The van der Waals surface area contributed by atoms with Crippen molar-refractivity contribution in [2.45, 2.75) is 19.4 Å². The predicted molar refractivity (Wildman–Crippen MR) is 77.0 cm³/mol. The molecule has 1 heterocycles. The van der Waals surface area contributed by atoms with Gasteiger partial charge in [0.05, 0.1) is 6.54 Å². The average Bonchev–Trinajstić information content (AvgIpc) is 2.95. The molecular weight excluding hydrogens is 272 g/mol. The first-order valence-corrected chi connectivity index (χ1v) is 6.50. The largest absolute Gasteiger partial charge is 0.481 e. The van der Waals surface area contributed by atoms with Gasteiger partial charge in [0.2, 0.25) is 0 Å². The van der Waals surface area contributed by atoms with E-state index in [1.807, 2.05) is 0 Å². The maximum Gasteiger partial charge on any atom is 0.303 e. The van der Waals surface area contributed by atoms with E-state index in [2.05, 4.69) is 5.32 Å². The summed E-state index contributed by atoms with van der Waals surface area (Å²) in [5, 5.41) is 11.5. The lowest BCUT2D eigenvalue weighted by Crippen LogP contribution is -2.13. The number of benzene rings is 1. The molecule has 1 aromatic carbocycles. The Morgan fingerprint density at radius 2 is 1.95 bits per heavy atom. The van der Waals surface area contributed by atoms with Gasteiger partial charge in [-0.3, -0.25) is 9.59 Å². The summed E-state index contributed by atoms with van der Waals surface area (Å²) in [6.07, 6.45) is 0.350. The van der Waals surface area contributed by atoms with Crippen molar-refractivity contribution in [3.8, 4) is 0 Å². The van der Waals surface area contributed by atoms with E-state index < -0.39 is 11.9 Å². The van der Waals surface area contributed by atoms with E-state index in [-0.39, 0.29) is 18.7 Å². The van der Waals surface area contributed by atoms with Crippen LogP contribution in [0.5, 0.6) is 0 Å². The van der Waals surface area contributed by atoms with Crippen LogP contribution in [0.1, 0.15) is 28.3 Å². The van der Waals surface area contributed by atoms with Crippen molar-refractivity contribution in [1.82, 2.24) is 0 Å². The Bertz CT molecular complexity index is 649. The van der Waals surface area contributed by atoms with Gasteiger partial charge in [0.25, 0.3) is 5.91 Å². The fraction of sp³-hybridized carbons (Fsp3) is 0.200. The molecule has 0 aliphatic rings. The lowest BCUT2D eigenvalue weighted by molar-refractivity contribution is -0.136. The number of carboxylic acids is 1. The van der Waals surface area contributed by atoms with Crippen LogP contribution >= 0.6 is 0 Å². The number of carbonyl (C=O) groups excluding carboxylic acids is 1. The first-order valence-electron chi connectivity index (χ1n) is 6.50. The zero-order valence-electron chi connectivity index (χ0n) is 11.3. The number of nitrogens with one attached hydrogen (secondary N) is 1. The van der Waals surface area contributed by atoms with Gasteiger partial charge in [0.1, 0.15) is 5.76 Å². The number of rotatable bonds is 6. The van der Waals surface area contributed by atoms with E-state index >= 15 is 0 Å². The minimum Gasteiger partial charge on any atom is -0.481 e. The zero-order chi connectivity index (χ0) is 15.2. The normalized spacial score (nSPS) is 10.3. The number of carboxylic acid groups (broad SMARTS) is 1. The van der Waals surface area contributed by atoms with Crippen LogP contribution in [0.25, 0.3) is 0 Å². The standard InChI is InChI=1S/C15H16N2O4/c16-9-11-6-7-13(21-11)15(20)17-12-4-2-1-3-10(12)5-8-14(18)19/h1-4,6-7H,5,8-9,16H2,(H,17,20)(H,18,19). The highest BCUT2D eigenvalue weighted by molar-refractivity contribution is 6.02. The molecule has 0 saturated carbocycles. The SMILES string of the molecule is NCc1ccc(C(=O)Nc2ccccc2CCC(=O)O)o1. The Labute approximate surface area is 121 Å². The number of nitrogens with two attached hydrogens (primary N) is 1. The molecule has 0 radical (unpaired) electrons. The molecular formula is C15H16N2O4. The quantitative estimate of drug-likeness (QED) is 0.754. The van der Waals surface area contributed by atoms with Gasteiger partial charge in [-0.1, -0.05) is 18.2 Å². The zero-order valence-corrected chi connectivity index (χ0v) is 11.3. The molecule has 21 heavy (non-hydrogen) atoms. The Kier molecular flexibility index (Phi) is 4.73. The number of amides is 1. The van der Waals surface area contributed by atoms with Crippen molar-refractivity contribution in [1.29, 1.82) is 0 Å². The Balaban J connectivity index is 2.11. The Morgan fingerprint density at radius 1 is 1.19 bits per heavy atom. The summed E-state index contributed by atoms with van der Waals surface area (Å²) in [4.78, 5) is 22.7. The highest BCUT2D eigenvalue weighted by atomic mass is 16.4. The number of aliphatic carboxylic acids is 1. The average molecular weight is 288 g/mol. The first-order chi connectivity index (χ1) is 10.1. The predicted octanol–water partition coefficient (Wildman–Crippen LogP) is 2.01. The van der Waals surface area contributed by atoms with Gasteiger partial charge >= 0.3 is 5.97 Å². The molecule has 0 saturated heterocycles. The number of hydrogen-bond acceptors (Lipinski definition) is 4. The molecule has 1 aromatic heterocycles. The molecule has 0 fully saturated rings. The van der Waals surface area contributed by atoms with E-state index in [1.165, 1.54) is 0 Å². The van der Waals surface area contributed by atoms with E-state index in [0.717, 1.165) is 5.56 Å².